The minimum Gasteiger partial charge on any atom is -0.383 e. The van der Waals surface area contributed by atoms with Gasteiger partial charge in [-0.1, -0.05) is 0 Å². The molecule has 0 spiro atoms. The first-order valence-electron chi connectivity index (χ1n) is 8.58. The summed E-state index contributed by atoms with van der Waals surface area (Å²) in [5.74, 6) is 0.789. The molecule has 1 aromatic heterocycles. The molecule has 6 nitrogen and oxygen atoms in total. The van der Waals surface area contributed by atoms with Gasteiger partial charge in [0.25, 0.3) is 0 Å². The van der Waals surface area contributed by atoms with E-state index in [9.17, 15) is 9.90 Å². The van der Waals surface area contributed by atoms with Crippen molar-refractivity contribution in [3.63, 3.8) is 0 Å². The largest absolute Gasteiger partial charge is 0.383 e. The van der Waals surface area contributed by atoms with Crippen molar-refractivity contribution in [1.29, 1.82) is 0 Å². The van der Waals surface area contributed by atoms with Gasteiger partial charge in [-0.3, -0.25) is 4.79 Å². The number of hydrogen-bond donors (Lipinski definition) is 4. The highest BCUT2D eigenvalue weighted by Gasteiger charge is 2.24. The van der Waals surface area contributed by atoms with Crippen LogP contribution in [0.2, 0.25) is 0 Å². The summed E-state index contributed by atoms with van der Waals surface area (Å²) in [7, 11) is 0. The number of carbonyl (C=O) groups excluding carboxylic acids is 1. The zero-order valence-electron chi connectivity index (χ0n) is 14.9. The van der Waals surface area contributed by atoms with E-state index in [1.54, 1.807) is 18.3 Å². The molecule has 1 aromatic rings. The fourth-order valence-electron chi connectivity index (χ4n) is 2.22. The Kier molecular flexibility index (Phi) is 9.73. The number of aliphatic hydroxyl groups is 1. The molecule has 1 unspecified atom stereocenters. The lowest BCUT2D eigenvalue weighted by Crippen LogP contribution is -2.39. The number of hydrogen-bond acceptors (Lipinski definition) is 4. The number of carbonyl (C=O) groups is 1. The van der Waals surface area contributed by atoms with E-state index in [0.29, 0.717) is 25.0 Å². The van der Waals surface area contributed by atoms with Gasteiger partial charge < -0.3 is 21.1 Å². The number of nitrogens with zero attached hydrogens (tertiary/aromatic N) is 1. The third-order valence-electron chi connectivity index (χ3n) is 3.85. The molecule has 4 N–H and O–H groups in total. The SMILES string of the molecule is CCNC(=NCC(C)(O)c1ccsc1)NCCCC(=O)NC1CC1.I. The number of guanidine groups is 1. The minimum atomic E-state index is -0.980. The lowest BCUT2D eigenvalue weighted by Gasteiger charge is -2.21. The summed E-state index contributed by atoms with van der Waals surface area (Å²) in [5, 5.41) is 23.8. The van der Waals surface area contributed by atoms with E-state index in [2.05, 4.69) is 20.9 Å². The first-order valence-corrected chi connectivity index (χ1v) is 9.52. The van der Waals surface area contributed by atoms with E-state index in [0.717, 1.165) is 31.4 Å². The smallest absolute Gasteiger partial charge is 0.220 e. The second kappa shape index (κ2) is 11.0. The molecule has 1 amide bonds. The van der Waals surface area contributed by atoms with Crippen LogP contribution in [-0.4, -0.2) is 42.6 Å². The van der Waals surface area contributed by atoms with Crippen LogP contribution in [-0.2, 0) is 10.4 Å². The summed E-state index contributed by atoms with van der Waals surface area (Å²) < 4.78 is 0. The Bertz CT molecular complexity index is 545. The zero-order valence-corrected chi connectivity index (χ0v) is 18.0. The monoisotopic (exact) mass is 480 g/mol. The van der Waals surface area contributed by atoms with Crippen LogP contribution in [0.5, 0.6) is 0 Å². The topological polar surface area (TPSA) is 85.8 Å². The molecule has 1 atom stereocenters. The van der Waals surface area contributed by atoms with Crippen molar-refractivity contribution >= 4 is 47.2 Å². The molecule has 1 aliphatic rings. The fourth-order valence-corrected chi connectivity index (χ4v) is 3.00. The molecule has 8 heteroatoms. The lowest BCUT2D eigenvalue weighted by molar-refractivity contribution is -0.121. The molecule has 25 heavy (non-hydrogen) atoms. The summed E-state index contributed by atoms with van der Waals surface area (Å²) in [6.07, 6.45) is 3.51. The maximum atomic E-state index is 11.6. The Morgan fingerprint density at radius 3 is 2.80 bits per heavy atom. The van der Waals surface area contributed by atoms with Gasteiger partial charge in [0.05, 0.1) is 6.54 Å². The summed E-state index contributed by atoms with van der Waals surface area (Å²) in [5.41, 5.74) is -0.101. The molecule has 0 saturated heterocycles. The van der Waals surface area contributed by atoms with Crippen molar-refractivity contribution < 1.29 is 9.90 Å². The van der Waals surface area contributed by atoms with Crippen LogP contribution in [0.15, 0.2) is 21.8 Å². The van der Waals surface area contributed by atoms with Gasteiger partial charge in [-0.25, -0.2) is 4.99 Å². The van der Waals surface area contributed by atoms with E-state index in [1.807, 2.05) is 23.8 Å². The van der Waals surface area contributed by atoms with Gasteiger partial charge in [0, 0.05) is 25.6 Å². The number of nitrogens with one attached hydrogen (secondary N) is 3. The van der Waals surface area contributed by atoms with E-state index in [4.69, 9.17) is 0 Å². The predicted octanol–water partition coefficient (Wildman–Crippen LogP) is 2.19. The Morgan fingerprint density at radius 1 is 1.44 bits per heavy atom. The fraction of sp³-hybridized carbons (Fsp3) is 0.647. The Balaban J connectivity index is 0.00000312. The van der Waals surface area contributed by atoms with Crippen LogP contribution in [0, 0.1) is 0 Å². The van der Waals surface area contributed by atoms with Crippen molar-refractivity contribution in [1.82, 2.24) is 16.0 Å². The molecule has 0 radical (unpaired) electrons. The minimum absolute atomic E-state index is 0. The molecule has 1 heterocycles. The first kappa shape index (κ1) is 22.2. The third-order valence-corrected chi connectivity index (χ3v) is 4.53. The molecule has 0 aliphatic heterocycles. The number of halogens is 1. The second-order valence-electron chi connectivity index (χ2n) is 6.35. The average Bonchev–Trinajstić information content (AvgIpc) is 3.16. The highest BCUT2D eigenvalue weighted by molar-refractivity contribution is 14.0. The van der Waals surface area contributed by atoms with Gasteiger partial charge in [0.15, 0.2) is 5.96 Å². The number of thiophene rings is 1. The van der Waals surface area contributed by atoms with Crippen LogP contribution in [0.1, 0.15) is 45.1 Å². The standard InChI is InChI=1S/C17H28N4O2S.HI/c1-3-18-16(19-9-4-5-15(22)21-14-6-7-14)20-12-17(2,23)13-8-10-24-11-13;/h8,10-11,14,23H,3-7,9,12H2,1-2H3,(H,21,22)(H2,18,19,20);1H. The van der Waals surface area contributed by atoms with Crippen molar-refractivity contribution in [3.05, 3.63) is 22.4 Å². The van der Waals surface area contributed by atoms with Crippen molar-refractivity contribution in [2.75, 3.05) is 19.6 Å². The number of rotatable bonds is 9. The third kappa shape index (κ3) is 8.37. The van der Waals surface area contributed by atoms with E-state index in [-0.39, 0.29) is 36.4 Å². The van der Waals surface area contributed by atoms with Gasteiger partial charge in [0.2, 0.25) is 5.91 Å². The highest BCUT2D eigenvalue weighted by Crippen LogP contribution is 2.23. The van der Waals surface area contributed by atoms with Gasteiger partial charge in [-0.2, -0.15) is 11.3 Å². The van der Waals surface area contributed by atoms with Crippen LogP contribution in [0.3, 0.4) is 0 Å². The zero-order chi connectivity index (χ0) is 17.4. The van der Waals surface area contributed by atoms with Crippen molar-refractivity contribution in [2.45, 2.75) is 51.2 Å². The number of aliphatic imine (C=N–C) groups is 1. The maximum absolute atomic E-state index is 11.6. The van der Waals surface area contributed by atoms with E-state index < -0.39 is 5.60 Å². The van der Waals surface area contributed by atoms with Gasteiger partial charge in [-0.05, 0) is 55.5 Å². The maximum Gasteiger partial charge on any atom is 0.220 e. The van der Waals surface area contributed by atoms with Gasteiger partial charge in [-0.15, -0.1) is 24.0 Å². The lowest BCUT2D eigenvalue weighted by atomic mass is 10.00. The molecular weight excluding hydrogens is 451 g/mol. The summed E-state index contributed by atoms with van der Waals surface area (Å²) in [6, 6.07) is 2.34. The quantitative estimate of drug-likeness (QED) is 0.189. The molecule has 142 valence electrons. The first-order chi connectivity index (χ1) is 11.5. The molecule has 1 saturated carbocycles. The summed E-state index contributed by atoms with van der Waals surface area (Å²) >= 11 is 1.56. The van der Waals surface area contributed by atoms with Crippen molar-refractivity contribution in [2.24, 2.45) is 4.99 Å². The van der Waals surface area contributed by atoms with Crippen LogP contribution in [0.4, 0.5) is 0 Å². The molecule has 0 aromatic carbocycles. The second-order valence-corrected chi connectivity index (χ2v) is 7.13. The molecule has 2 rings (SSSR count). The van der Waals surface area contributed by atoms with Gasteiger partial charge in [0.1, 0.15) is 5.60 Å². The predicted molar refractivity (Wildman–Crippen MR) is 114 cm³/mol. The van der Waals surface area contributed by atoms with E-state index >= 15 is 0 Å². The van der Waals surface area contributed by atoms with Crippen LogP contribution in [0.25, 0.3) is 0 Å². The highest BCUT2D eigenvalue weighted by atomic mass is 127. The van der Waals surface area contributed by atoms with Crippen molar-refractivity contribution in [3.8, 4) is 0 Å². The van der Waals surface area contributed by atoms with Gasteiger partial charge >= 0.3 is 0 Å². The Labute approximate surface area is 170 Å². The average molecular weight is 480 g/mol. The van der Waals surface area contributed by atoms with E-state index in [1.165, 1.54) is 0 Å². The Morgan fingerprint density at radius 2 is 2.20 bits per heavy atom. The molecule has 0 bridgehead atoms. The molecule has 1 aliphatic carbocycles. The molecule has 1 fully saturated rings. The van der Waals surface area contributed by atoms with Crippen LogP contribution < -0.4 is 16.0 Å². The number of amides is 1. The molecular formula is C17H29IN4O2S. The summed E-state index contributed by atoms with van der Waals surface area (Å²) in [4.78, 5) is 16.1. The summed E-state index contributed by atoms with van der Waals surface area (Å²) in [6.45, 7) is 5.46. The normalized spacial score (nSPS) is 16.5. The Hall–Kier alpha value is -0.870. The van der Waals surface area contributed by atoms with Crippen LogP contribution >= 0.6 is 35.3 Å².